The van der Waals surface area contributed by atoms with Gasteiger partial charge in [0.2, 0.25) is 5.92 Å². The van der Waals surface area contributed by atoms with E-state index < -0.39 is 5.92 Å². The van der Waals surface area contributed by atoms with E-state index in [-0.39, 0.29) is 24.8 Å². The molecule has 7 heteroatoms. The number of carbonyl (C=O) groups excluding carboxylic acids is 1. The van der Waals surface area contributed by atoms with Gasteiger partial charge in [0.25, 0.3) is 0 Å². The van der Waals surface area contributed by atoms with Crippen molar-refractivity contribution in [2.75, 3.05) is 10.6 Å². The van der Waals surface area contributed by atoms with Crippen LogP contribution in [0.1, 0.15) is 37.3 Å². The molecule has 2 heterocycles. The highest BCUT2D eigenvalue weighted by Crippen LogP contribution is 2.40. The molecule has 0 atom stereocenters. The van der Waals surface area contributed by atoms with Gasteiger partial charge < -0.3 is 15.6 Å². The van der Waals surface area contributed by atoms with Crippen molar-refractivity contribution in [2.45, 2.75) is 37.5 Å². The van der Waals surface area contributed by atoms with E-state index in [4.69, 9.17) is 0 Å². The van der Waals surface area contributed by atoms with Crippen LogP contribution in [0.3, 0.4) is 0 Å². The molecule has 1 fully saturated rings. The molecular formula is C20H20F2N4O. The highest BCUT2D eigenvalue weighted by molar-refractivity contribution is 6.05. The Labute approximate surface area is 155 Å². The number of nitrogens with one attached hydrogen (secondary N) is 3. The molecule has 1 saturated carbocycles. The van der Waals surface area contributed by atoms with Crippen LogP contribution >= 0.6 is 0 Å². The molecule has 3 aromatic rings. The number of aromatic nitrogens is 2. The minimum absolute atomic E-state index is 0.0544. The molecule has 3 N–H and O–H groups in total. The average molecular weight is 370 g/mol. The zero-order valence-corrected chi connectivity index (χ0v) is 14.6. The molecular weight excluding hydrogens is 350 g/mol. The van der Waals surface area contributed by atoms with Gasteiger partial charge in [-0.1, -0.05) is 18.2 Å². The second-order valence-electron chi connectivity index (χ2n) is 6.93. The summed E-state index contributed by atoms with van der Waals surface area (Å²) < 4.78 is 26.6. The van der Waals surface area contributed by atoms with E-state index in [0.717, 1.165) is 16.6 Å². The van der Waals surface area contributed by atoms with Crippen LogP contribution in [0.15, 0.2) is 48.8 Å². The number of nitrogens with zero attached hydrogens (tertiary/aromatic N) is 1. The smallest absolute Gasteiger partial charge is 0.323 e. The number of H-pyrrole nitrogens is 1. The van der Waals surface area contributed by atoms with Crippen molar-refractivity contribution in [3.05, 3.63) is 54.5 Å². The maximum Gasteiger partial charge on any atom is 0.323 e. The lowest BCUT2D eigenvalue weighted by molar-refractivity contribution is -0.0384. The second-order valence-corrected chi connectivity index (χ2v) is 6.93. The van der Waals surface area contributed by atoms with Crippen molar-refractivity contribution < 1.29 is 13.6 Å². The minimum atomic E-state index is -2.54. The SMILES string of the molecule is O=C(Nc1ccc(C2CCC(F)(F)CC2)nc1)Nc1c[nH]c2ccccc12. The first kappa shape index (κ1) is 17.5. The van der Waals surface area contributed by atoms with Gasteiger partial charge in [-0.05, 0) is 31.0 Å². The van der Waals surface area contributed by atoms with Gasteiger partial charge in [-0.3, -0.25) is 4.98 Å². The fraction of sp³-hybridized carbons (Fsp3) is 0.300. The van der Waals surface area contributed by atoms with Crippen LogP contribution in [0, 0.1) is 0 Å². The maximum absolute atomic E-state index is 13.3. The van der Waals surface area contributed by atoms with E-state index in [0.29, 0.717) is 24.2 Å². The molecule has 1 aromatic carbocycles. The molecule has 0 saturated heterocycles. The lowest BCUT2D eigenvalue weighted by atomic mass is 9.84. The van der Waals surface area contributed by atoms with E-state index >= 15 is 0 Å². The summed E-state index contributed by atoms with van der Waals surface area (Å²) in [5.41, 5.74) is 2.98. The third-order valence-electron chi connectivity index (χ3n) is 5.02. The molecule has 1 aliphatic rings. The van der Waals surface area contributed by atoms with Gasteiger partial charge in [0.15, 0.2) is 0 Å². The molecule has 2 amide bonds. The Morgan fingerprint density at radius 1 is 1.11 bits per heavy atom. The molecule has 0 bridgehead atoms. The first-order chi connectivity index (χ1) is 13.0. The molecule has 2 aromatic heterocycles. The fourth-order valence-electron chi connectivity index (χ4n) is 3.52. The number of halogens is 2. The van der Waals surface area contributed by atoms with E-state index in [2.05, 4.69) is 20.6 Å². The summed E-state index contributed by atoms with van der Waals surface area (Å²) in [7, 11) is 0. The van der Waals surface area contributed by atoms with Gasteiger partial charge in [0.05, 0.1) is 17.6 Å². The van der Waals surface area contributed by atoms with Crippen molar-refractivity contribution >= 4 is 28.3 Å². The normalized spacial score (nSPS) is 17.0. The summed E-state index contributed by atoms with van der Waals surface area (Å²) in [6, 6.07) is 10.9. The van der Waals surface area contributed by atoms with Crippen LogP contribution in [0.4, 0.5) is 25.0 Å². The number of anilines is 2. The predicted molar refractivity (Wildman–Crippen MR) is 101 cm³/mol. The molecule has 0 aliphatic heterocycles. The molecule has 4 rings (SSSR count). The van der Waals surface area contributed by atoms with Crippen molar-refractivity contribution in [1.29, 1.82) is 0 Å². The molecule has 0 spiro atoms. The Morgan fingerprint density at radius 2 is 1.89 bits per heavy atom. The number of rotatable bonds is 3. The summed E-state index contributed by atoms with van der Waals surface area (Å²) >= 11 is 0. The van der Waals surface area contributed by atoms with Crippen LogP contribution in [0.25, 0.3) is 10.9 Å². The molecule has 0 radical (unpaired) electrons. The lowest BCUT2D eigenvalue weighted by Gasteiger charge is -2.27. The summed E-state index contributed by atoms with van der Waals surface area (Å²) in [5.74, 6) is -2.49. The molecule has 0 unspecified atom stereocenters. The van der Waals surface area contributed by atoms with Crippen LogP contribution in [-0.2, 0) is 0 Å². The number of alkyl halides is 2. The van der Waals surface area contributed by atoms with Gasteiger partial charge in [-0.2, -0.15) is 0 Å². The topological polar surface area (TPSA) is 69.8 Å². The van der Waals surface area contributed by atoms with Crippen molar-refractivity contribution in [2.24, 2.45) is 0 Å². The number of hydrogen-bond acceptors (Lipinski definition) is 2. The quantitative estimate of drug-likeness (QED) is 0.570. The van der Waals surface area contributed by atoms with Gasteiger partial charge in [-0.15, -0.1) is 0 Å². The lowest BCUT2D eigenvalue weighted by Crippen LogP contribution is -2.24. The summed E-state index contributed by atoms with van der Waals surface area (Å²) in [6.45, 7) is 0. The largest absolute Gasteiger partial charge is 0.359 e. The van der Waals surface area contributed by atoms with Crippen LogP contribution in [-0.4, -0.2) is 21.9 Å². The zero-order chi connectivity index (χ0) is 18.9. The van der Waals surface area contributed by atoms with Crippen LogP contribution < -0.4 is 10.6 Å². The third kappa shape index (κ3) is 3.92. The van der Waals surface area contributed by atoms with Crippen molar-refractivity contribution in [3.8, 4) is 0 Å². The van der Waals surface area contributed by atoms with Gasteiger partial charge >= 0.3 is 6.03 Å². The number of benzene rings is 1. The Bertz CT molecular complexity index is 942. The Kier molecular flexibility index (Phi) is 4.51. The van der Waals surface area contributed by atoms with E-state index in [9.17, 15) is 13.6 Å². The summed E-state index contributed by atoms with van der Waals surface area (Å²) in [4.78, 5) is 19.7. The number of pyridine rings is 1. The van der Waals surface area contributed by atoms with Crippen LogP contribution in [0.2, 0.25) is 0 Å². The number of para-hydroxylation sites is 1. The predicted octanol–water partition coefficient (Wildman–Crippen LogP) is 5.50. The molecule has 27 heavy (non-hydrogen) atoms. The molecule has 140 valence electrons. The second kappa shape index (κ2) is 6.98. The Hall–Kier alpha value is -2.96. The van der Waals surface area contributed by atoms with Crippen LogP contribution in [0.5, 0.6) is 0 Å². The van der Waals surface area contributed by atoms with E-state index in [1.165, 1.54) is 0 Å². The summed E-state index contributed by atoms with van der Waals surface area (Å²) in [5, 5.41) is 6.48. The van der Waals surface area contributed by atoms with E-state index in [1.54, 1.807) is 24.5 Å². The first-order valence-electron chi connectivity index (χ1n) is 8.98. The standard InChI is InChI=1S/C20H20F2N4O/c21-20(22)9-7-13(8-10-20)16-6-5-14(11-23-16)25-19(27)26-18-12-24-17-4-2-1-3-15(17)18/h1-6,11-13,24H,7-10H2,(H2,25,26,27). The van der Waals surface area contributed by atoms with Crippen molar-refractivity contribution in [1.82, 2.24) is 9.97 Å². The third-order valence-corrected chi connectivity index (χ3v) is 5.02. The highest BCUT2D eigenvalue weighted by Gasteiger charge is 2.35. The van der Waals surface area contributed by atoms with Gasteiger partial charge in [0.1, 0.15) is 0 Å². The van der Waals surface area contributed by atoms with Crippen molar-refractivity contribution in [3.63, 3.8) is 0 Å². The first-order valence-corrected chi connectivity index (χ1v) is 8.98. The highest BCUT2D eigenvalue weighted by atomic mass is 19.3. The summed E-state index contributed by atoms with van der Waals surface area (Å²) in [6.07, 6.45) is 4.00. The molecule has 5 nitrogen and oxygen atoms in total. The number of fused-ring (bicyclic) bond motifs is 1. The van der Waals surface area contributed by atoms with Gasteiger partial charge in [0, 0.05) is 41.6 Å². The zero-order valence-electron chi connectivity index (χ0n) is 14.6. The number of aromatic amines is 1. The minimum Gasteiger partial charge on any atom is -0.359 e. The number of amides is 2. The van der Waals surface area contributed by atoms with Gasteiger partial charge in [-0.25, -0.2) is 13.6 Å². The molecule has 1 aliphatic carbocycles. The fourth-order valence-corrected chi connectivity index (χ4v) is 3.52. The van der Waals surface area contributed by atoms with E-state index in [1.807, 2.05) is 24.3 Å². The Balaban J connectivity index is 1.37. The number of carbonyl (C=O) groups is 1. The maximum atomic E-state index is 13.3. The Morgan fingerprint density at radius 3 is 2.63 bits per heavy atom. The average Bonchev–Trinajstić information content (AvgIpc) is 3.05. The monoisotopic (exact) mass is 370 g/mol. The number of hydrogen-bond donors (Lipinski definition) is 3. The number of urea groups is 1.